The number of primary amides is 1. The van der Waals surface area contributed by atoms with Crippen molar-refractivity contribution in [2.75, 3.05) is 31.1 Å². The van der Waals surface area contributed by atoms with Gasteiger partial charge in [-0.2, -0.15) is 0 Å². The fourth-order valence-electron chi connectivity index (χ4n) is 5.27. The number of hydrogen-bond donors (Lipinski definition) is 2. The standard InChI is InChI=1S/C26H25Cl2N3O.ClH/c1-2-16-21(18-8-5-9-20(27)24(18)28)22-17-7-4-3-6-15(17)14-19(22)25(23(16)26(29)32)31-12-10-30-11-13-31;/h3-9,30H,2,10-14H2,1H3,(H2,29,32);1H. The molecule has 0 radical (unpaired) electrons. The Morgan fingerprint density at radius 2 is 1.73 bits per heavy atom. The molecule has 5 rings (SSSR count). The van der Waals surface area contributed by atoms with E-state index in [1.807, 2.05) is 12.1 Å². The van der Waals surface area contributed by atoms with E-state index in [0.29, 0.717) is 22.0 Å². The topological polar surface area (TPSA) is 58.4 Å². The lowest BCUT2D eigenvalue weighted by atomic mass is 9.83. The zero-order valence-corrected chi connectivity index (χ0v) is 20.7. The van der Waals surface area contributed by atoms with Crippen molar-refractivity contribution in [1.29, 1.82) is 0 Å². The van der Waals surface area contributed by atoms with Crippen LogP contribution in [0.15, 0.2) is 42.5 Å². The molecule has 7 heteroatoms. The number of amides is 1. The Balaban J connectivity index is 0.00000259. The molecular formula is C26H26Cl3N3O. The SMILES string of the molecule is CCc1c(C(N)=O)c(N2CCNCC2)c2c(c1-c1cccc(Cl)c1Cl)-c1ccccc1C2.Cl. The normalized spacial score (nSPS) is 14.5. The highest BCUT2D eigenvalue weighted by Gasteiger charge is 2.34. The summed E-state index contributed by atoms with van der Waals surface area (Å²) in [5.41, 5.74) is 15.2. The van der Waals surface area contributed by atoms with Gasteiger partial charge < -0.3 is 16.0 Å². The zero-order chi connectivity index (χ0) is 22.4. The summed E-state index contributed by atoms with van der Waals surface area (Å²) in [6.45, 7) is 5.50. The maximum Gasteiger partial charge on any atom is 0.251 e. The molecule has 33 heavy (non-hydrogen) atoms. The lowest BCUT2D eigenvalue weighted by molar-refractivity contribution is 0.1000. The molecule has 3 aromatic carbocycles. The highest BCUT2D eigenvalue weighted by Crippen LogP contribution is 2.52. The van der Waals surface area contributed by atoms with Crippen LogP contribution in [-0.2, 0) is 12.8 Å². The van der Waals surface area contributed by atoms with E-state index in [1.54, 1.807) is 6.07 Å². The van der Waals surface area contributed by atoms with Crippen molar-refractivity contribution in [2.45, 2.75) is 19.8 Å². The van der Waals surface area contributed by atoms with Gasteiger partial charge in [-0.15, -0.1) is 12.4 Å². The first-order chi connectivity index (χ1) is 15.5. The van der Waals surface area contributed by atoms with Gasteiger partial charge in [0.15, 0.2) is 0 Å². The molecule has 0 atom stereocenters. The predicted molar refractivity (Wildman–Crippen MR) is 140 cm³/mol. The van der Waals surface area contributed by atoms with Gasteiger partial charge in [-0.1, -0.05) is 66.5 Å². The molecule has 3 N–H and O–H groups in total. The highest BCUT2D eigenvalue weighted by atomic mass is 35.5. The van der Waals surface area contributed by atoms with Gasteiger partial charge in [0.2, 0.25) is 0 Å². The van der Waals surface area contributed by atoms with Crippen molar-refractivity contribution in [3.8, 4) is 22.3 Å². The van der Waals surface area contributed by atoms with E-state index in [0.717, 1.165) is 66.1 Å². The van der Waals surface area contributed by atoms with Gasteiger partial charge >= 0.3 is 0 Å². The van der Waals surface area contributed by atoms with Crippen LogP contribution in [-0.4, -0.2) is 32.1 Å². The van der Waals surface area contributed by atoms with Crippen LogP contribution in [0.1, 0.15) is 34.0 Å². The Morgan fingerprint density at radius 1 is 1.03 bits per heavy atom. The second-order valence-corrected chi connectivity index (χ2v) is 9.11. The summed E-state index contributed by atoms with van der Waals surface area (Å²) >= 11 is 13.2. The average Bonchev–Trinajstić information content (AvgIpc) is 3.19. The van der Waals surface area contributed by atoms with Crippen LogP contribution in [0.5, 0.6) is 0 Å². The summed E-state index contributed by atoms with van der Waals surface area (Å²) in [7, 11) is 0. The molecule has 1 amide bonds. The van der Waals surface area contributed by atoms with Crippen LogP contribution in [0.2, 0.25) is 10.0 Å². The second-order valence-electron chi connectivity index (χ2n) is 8.32. The van der Waals surface area contributed by atoms with Gasteiger partial charge in [-0.25, -0.2) is 0 Å². The summed E-state index contributed by atoms with van der Waals surface area (Å²) < 4.78 is 0. The van der Waals surface area contributed by atoms with Gasteiger partial charge in [0, 0.05) is 38.2 Å². The number of halogens is 3. The number of carbonyl (C=O) groups excluding carboxylic acids is 1. The predicted octanol–water partition coefficient (Wildman–Crippen LogP) is 5.72. The Labute approximate surface area is 210 Å². The Bertz CT molecular complexity index is 1240. The molecule has 1 heterocycles. The lowest BCUT2D eigenvalue weighted by Crippen LogP contribution is -2.44. The molecule has 4 nitrogen and oxygen atoms in total. The molecule has 3 aromatic rings. The fourth-order valence-corrected chi connectivity index (χ4v) is 5.66. The molecule has 0 spiro atoms. The van der Waals surface area contributed by atoms with E-state index in [1.165, 1.54) is 11.1 Å². The molecule has 1 fully saturated rings. The smallest absolute Gasteiger partial charge is 0.251 e. The minimum atomic E-state index is -0.395. The Morgan fingerprint density at radius 3 is 2.42 bits per heavy atom. The number of nitrogens with two attached hydrogens (primary N) is 1. The van der Waals surface area contributed by atoms with Gasteiger partial charge in [-0.05, 0) is 45.9 Å². The lowest BCUT2D eigenvalue weighted by Gasteiger charge is -2.34. The summed E-state index contributed by atoms with van der Waals surface area (Å²) in [6.07, 6.45) is 1.42. The third-order valence-corrected chi connectivity index (χ3v) is 7.40. The van der Waals surface area contributed by atoms with Crippen LogP contribution < -0.4 is 16.0 Å². The summed E-state index contributed by atoms with van der Waals surface area (Å²) in [4.78, 5) is 15.3. The molecule has 0 saturated carbocycles. The first-order valence-corrected chi connectivity index (χ1v) is 11.8. The van der Waals surface area contributed by atoms with Crippen molar-refractivity contribution in [3.63, 3.8) is 0 Å². The molecule has 0 aromatic heterocycles. The Hall–Kier alpha value is -2.24. The van der Waals surface area contributed by atoms with E-state index in [-0.39, 0.29) is 12.4 Å². The second kappa shape index (κ2) is 9.55. The quantitative estimate of drug-likeness (QED) is 0.375. The van der Waals surface area contributed by atoms with Crippen LogP contribution in [0, 0.1) is 0 Å². The number of rotatable bonds is 4. The highest BCUT2D eigenvalue weighted by molar-refractivity contribution is 6.44. The minimum absolute atomic E-state index is 0. The molecule has 2 aliphatic rings. The fraction of sp³-hybridized carbons (Fsp3) is 0.269. The van der Waals surface area contributed by atoms with Crippen molar-refractivity contribution < 1.29 is 4.79 Å². The number of piperazine rings is 1. The van der Waals surface area contributed by atoms with Crippen LogP contribution in [0.3, 0.4) is 0 Å². The molecule has 0 bridgehead atoms. The van der Waals surface area contributed by atoms with E-state index < -0.39 is 5.91 Å². The maximum absolute atomic E-state index is 13.0. The first-order valence-electron chi connectivity index (χ1n) is 11.0. The first kappa shape index (κ1) is 23.9. The molecule has 1 aliphatic heterocycles. The van der Waals surface area contributed by atoms with Crippen LogP contribution in [0.25, 0.3) is 22.3 Å². The van der Waals surface area contributed by atoms with Crippen molar-refractivity contribution in [1.82, 2.24) is 5.32 Å². The number of carbonyl (C=O) groups is 1. The van der Waals surface area contributed by atoms with Crippen LogP contribution in [0.4, 0.5) is 5.69 Å². The van der Waals surface area contributed by atoms with Gasteiger partial charge in [0.1, 0.15) is 0 Å². The van der Waals surface area contributed by atoms with Crippen molar-refractivity contribution in [2.24, 2.45) is 5.73 Å². The Kier molecular flexibility index (Phi) is 6.92. The van der Waals surface area contributed by atoms with Gasteiger partial charge in [-0.3, -0.25) is 4.79 Å². The number of hydrogen-bond acceptors (Lipinski definition) is 3. The maximum atomic E-state index is 13.0. The molecule has 172 valence electrons. The molecule has 1 saturated heterocycles. The van der Waals surface area contributed by atoms with Crippen molar-refractivity contribution in [3.05, 3.63) is 74.8 Å². The number of nitrogens with one attached hydrogen (secondary N) is 1. The number of benzene rings is 3. The summed E-state index contributed by atoms with van der Waals surface area (Å²) in [5, 5.41) is 4.41. The summed E-state index contributed by atoms with van der Waals surface area (Å²) in [5.74, 6) is -0.395. The van der Waals surface area contributed by atoms with E-state index in [4.69, 9.17) is 28.9 Å². The molecule has 0 unspecified atom stereocenters. The van der Waals surface area contributed by atoms with Crippen LogP contribution >= 0.6 is 35.6 Å². The van der Waals surface area contributed by atoms with Gasteiger partial charge in [0.25, 0.3) is 5.91 Å². The molecular weight excluding hydrogens is 477 g/mol. The van der Waals surface area contributed by atoms with Crippen molar-refractivity contribution >= 4 is 47.2 Å². The molecule has 1 aliphatic carbocycles. The largest absolute Gasteiger partial charge is 0.368 e. The monoisotopic (exact) mass is 501 g/mol. The van der Waals surface area contributed by atoms with E-state index in [9.17, 15) is 4.79 Å². The average molecular weight is 503 g/mol. The zero-order valence-electron chi connectivity index (χ0n) is 18.4. The van der Waals surface area contributed by atoms with Gasteiger partial charge in [0.05, 0.1) is 21.3 Å². The van der Waals surface area contributed by atoms with E-state index >= 15 is 0 Å². The number of anilines is 1. The number of fused-ring (bicyclic) bond motifs is 3. The number of nitrogens with zero attached hydrogens (tertiary/aromatic N) is 1. The summed E-state index contributed by atoms with van der Waals surface area (Å²) in [6, 6.07) is 14.1. The minimum Gasteiger partial charge on any atom is -0.368 e. The van der Waals surface area contributed by atoms with E-state index in [2.05, 4.69) is 41.4 Å². The third kappa shape index (κ3) is 3.89. The third-order valence-electron chi connectivity index (χ3n) is 6.59.